The molecule has 0 atom stereocenters. The first-order chi connectivity index (χ1) is 7.73. The lowest BCUT2D eigenvalue weighted by Gasteiger charge is -2.34. The molecule has 6 heteroatoms. The Morgan fingerprint density at radius 3 is 2.44 bits per heavy atom. The molecule has 6 N–H and O–H groups in total. The molecule has 1 rings (SSSR count). The van der Waals surface area contributed by atoms with Gasteiger partial charge in [0.2, 0.25) is 0 Å². The van der Waals surface area contributed by atoms with Gasteiger partial charge in [-0.1, -0.05) is 19.3 Å². The van der Waals surface area contributed by atoms with Crippen LogP contribution in [-0.2, 0) is 4.79 Å². The van der Waals surface area contributed by atoms with Gasteiger partial charge in [0.05, 0.1) is 12.1 Å². The number of hydrogen-bond acceptors (Lipinski definition) is 5. The summed E-state index contributed by atoms with van der Waals surface area (Å²) in [5.74, 6) is 5.91. The molecule has 0 aromatic carbocycles. The van der Waals surface area contributed by atoms with Gasteiger partial charge in [-0.3, -0.25) is 4.99 Å². The highest BCUT2D eigenvalue weighted by Gasteiger charge is 2.32. The fourth-order valence-corrected chi connectivity index (χ4v) is 1.89. The van der Waals surface area contributed by atoms with E-state index in [0.29, 0.717) is 5.84 Å². The number of carbonyl (C=O) groups is 1. The van der Waals surface area contributed by atoms with Gasteiger partial charge in [0.15, 0.2) is 0 Å². The third-order valence-corrected chi connectivity index (χ3v) is 2.68. The first-order valence-corrected chi connectivity index (χ1v) is 5.42. The topological polar surface area (TPSA) is 114 Å². The number of aliphatic imine (C=N–C) groups is 1. The molecule has 0 saturated heterocycles. The van der Waals surface area contributed by atoms with Crippen LogP contribution < -0.4 is 17.0 Å². The molecule has 0 spiro atoms. The van der Waals surface area contributed by atoms with E-state index in [9.17, 15) is 4.79 Å². The number of nitrogens with zero attached hydrogens (tertiary/aromatic N) is 1. The van der Waals surface area contributed by atoms with Crippen LogP contribution >= 0.6 is 0 Å². The van der Waals surface area contributed by atoms with Crippen molar-refractivity contribution < 1.29 is 9.90 Å². The monoisotopic (exact) mass is 230 g/mol. The fourth-order valence-electron chi connectivity index (χ4n) is 1.89. The smallest absolute Gasteiger partial charge is 0.141 e. The van der Waals surface area contributed by atoms with Gasteiger partial charge in [0, 0.05) is 7.11 Å². The van der Waals surface area contributed by atoms with Crippen LogP contribution in [0.3, 0.4) is 0 Å². The molecule has 6 nitrogen and oxygen atoms in total. The van der Waals surface area contributed by atoms with E-state index in [1.807, 2.05) is 0 Å². The first kappa shape index (κ1) is 15.0. The van der Waals surface area contributed by atoms with Crippen LogP contribution in [0.25, 0.3) is 0 Å². The standard InChI is InChI=1S/C9H18N4O.CH4O/c10-9(4-2-1-3-5-9)8(13-11)12-6-7-14;1-2/h7H,1-6,10-11H2,(H,12,13);2H,1H3. The SMILES string of the molecule is CO.NNC(=NCC=O)C1(N)CCCCC1. The van der Waals surface area contributed by atoms with Gasteiger partial charge >= 0.3 is 0 Å². The number of carbonyl (C=O) groups excluding carboxylic acids is 1. The van der Waals surface area contributed by atoms with E-state index in [2.05, 4.69) is 10.4 Å². The highest BCUT2D eigenvalue weighted by molar-refractivity contribution is 5.91. The summed E-state index contributed by atoms with van der Waals surface area (Å²) < 4.78 is 0. The maximum atomic E-state index is 10.2. The van der Waals surface area contributed by atoms with Crippen molar-refractivity contribution in [1.82, 2.24) is 5.43 Å². The van der Waals surface area contributed by atoms with Crippen LogP contribution in [0.5, 0.6) is 0 Å². The van der Waals surface area contributed by atoms with Crippen LogP contribution in [0, 0.1) is 0 Å². The molecule has 0 aromatic heterocycles. The maximum Gasteiger partial charge on any atom is 0.141 e. The average molecular weight is 230 g/mol. The Kier molecular flexibility index (Phi) is 7.70. The van der Waals surface area contributed by atoms with Crippen molar-refractivity contribution >= 4 is 12.1 Å². The minimum atomic E-state index is -0.448. The molecule has 0 aromatic rings. The van der Waals surface area contributed by atoms with Crippen molar-refractivity contribution in [2.75, 3.05) is 13.7 Å². The number of hydrazine groups is 1. The second-order valence-corrected chi connectivity index (χ2v) is 3.72. The first-order valence-electron chi connectivity index (χ1n) is 5.42. The van der Waals surface area contributed by atoms with Crippen molar-refractivity contribution in [3.63, 3.8) is 0 Å². The highest BCUT2D eigenvalue weighted by Crippen LogP contribution is 2.26. The molecule has 0 aliphatic heterocycles. The predicted molar refractivity (Wildman–Crippen MR) is 63.8 cm³/mol. The number of aliphatic hydroxyl groups excluding tert-OH is 1. The number of nitrogens with one attached hydrogen (secondary N) is 1. The van der Waals surface area contributed by atoms with Crippen molar-refractivity contribution in [2.24, 2.45) is 16.6 Å². The number of aliphatic hydroxyl groups is 1. The summed E-state index contributed by atoms with van der Waals surface area (Å²) in [4.78, 5) is 14.2. The average Bonchev–Trinajstić information content (AvgIpc) is 2.33. The van der Waals surface area contributed by atoms with E-state index in [1.165, 1.54) is 6.42 Å². The number of hydrogen-bond donors (Lipinski definition) is 4. The van der Waals surface area contributed by atoms with Gasteiger partial charge in [-0.05, 0) is 12.8 Å². The molecule has 1 saturated carbocycles. The summed E-state index contributed by atoms with van der Waals surface area (Å²) in [6, 6.07) is 0. The zero-order valence-electron chi connectivity index (χ0n) is 9.78. The van der Waals surface area contributed by atoms with Crippen LogP contribution in [-0.4, -0.2) is 36.4 Å². The van der Waals surface area contributed by atoms with E-state index in [4.69, 9.17) is 16.7 Å². The van der Waals surface area contributed by atoms with E-state index < -0.39 is 5.54 Å². The molecule has 16 heavy (non-hydrogen) atoms. The van der Waals surface area contributed by atoms with Crippen molar-refractivity contribution in [3.8, 4) is 0 Å². The normalized spacial score (nSPS) is 19.4. The molecular weight excluding hydrogens is 208 g/mol. The molecule has 0 bridgehead atoms. The lowest BCUT2D eigenvalue weighted by Crippen LogP contribution is -2.57. The summed E-state index contributed by atoms with van der Waals surface area (Å²) in [5.41, 5.74) is 8.23. The molecule has 0 amide bonds. The third-order valence-electron chi connectivity index (χ3n) is 2.68. The Morgan fingerprint density at radius 2 is 2.00 bits per heavy atom. The largest absolute Gasteiger partial charge is 0.400 e. The van der Waals surface area contributed by atoms with E-state index in [-0.39, 0.29) is 6.54 Å². The molecule has 0 heterocycles. The van der Waals surface area contributed by atoms with E-state index in [0.717, 1.165) is 39.1 Å². The van der Waals surface area contributed by atoms with Gasteiger partial charge in [-0.2, -0.15) is 0 Å². The number of rotatable bonds is 3. The molecule has 94 valence electrons. The van der Waals surface area contributed by atoms with E-state index >= 15 is 0 Å². The van der Waals surface area contributed by atoms with Crippen LogP contribution in [0.1, 0.15) is 32.1 Å². The van der Waals surface area contributed by atoms with E-state index in [1.54, 1.807) is 0 Å². The Bertz CT molecular complexity index is 225. The predicted octanol–water partition coefficient (Wildman–Crippen LogP) is -0.683. The summed E-state index contributed by atoms with van der Waals surface area (Å²) in [5, 5.41) is 7.00. The zero-order valence-corrected chi connectivity index (χ0v) is 9.78. The lowest BCUT2D eigenvalue weighted by molar-refractivity contribution is -0.106. The van der Waals surface area contributed by atoms with Crippen molar-refractivity contribution in [1.29, 1.82) is 0 Å². The zero-order chi connectivity index (χ0) is 12.4. The maximum absolute atomic E-state index is 10.2. The van der Waals surface area contributed by atoms with Crippen LogP contribution in [0.4, 0.5) is 0 Å². The van der Waals surface area contributed by atoms with Gasteiger partial charge in [0.25, 0.3) is 0 Å². The quantitative estimate of drug-likeness (QED) is 0.169. The second kappa shape index (κ2) is 8.20. The second-order valence-electron chi connectivity index (χ2n) is 3.72. The molecule has 1 aliphatic carbocycles. The summed E-state index contributed by atoms with van der Waals surface area (Å²) in [7, 11) is 1.00. The van der Waals surface area contributed by atoms with Crippen LogP contribution in [0.2, 0.25) is 0 Å². The fraction of sp³-hybridized carbons (Fsp3) is 0.800. The van der Waals surface area contributed by atoms with Gasteiger partial charge in [-0.25, -0.2) is 5.84 Å². The Hall–Kier alpha value is -0.980. The minimum absolute atomic E-state index is 0.123. The molecule has 1 aliphatic rings. The van der Waals surface area contributed by atoms with Crippen molar-refractivity contribution in [2.45, 2.75) is 37.6 Å². The summed E-state index contributed by atoms with van der Waals surface area (Å²) in [6.07, 6.45) is 5.91. The Labute approximate surface area is 96.1 Å². The molecule has 0 unspecified atom stereocenters. The third kappa shape index (κ3) is 4.26. The van der Waals surface area contributed by atoms with Gasteiger partial charge in [0.1, 0.15) is 12.1 Å². The van der Waals surface area contributed by atoms with Gasteiger partial charge < -0.3 is 21.1 Å². The molecule has 1 fully saturated rings. The van der Waals surface area contributed by atoms with Crippen molar-refractivity contribution in [3.05, 3.63) is 0 Å². The number of nitrogens with two attached hydrogens (primary N) is 2. The van der Waals surface area contributed by atoms with Gasteiger partial charge in [-0.15, -0.1) is 0 Å². The minimum Gasteiger partial charge on any atom is -0.400 e. The lowest BCUT2D eigenvalue weighted by atomic mass is 9.81. The summed E-state index contributed by atoms with van der Waals surface area (Å²) >= 11 is 0. The summed E-state index contributed by atoms with van der Waals surface area (Å²) in [6.45, 7) is 0.123. The van der Waals surface area contributed by atoms with Crippen LogP contribution in [0.15, 0.2) is 4.99 Å². The highest BCUT2D eigenvalue weighted by atomic mass is 16.2. The number of aldehydes is 1. The molecule has 0 radical (unpaired) electrons. The Balaban J connectivity index is 0.00000106. The molecular formula is C10H22N4O2. The Morgan fingerprint density at radius 1 is 1.44 bits per heavy atom. The number of amidine groups is 1.